The van der Waals surface area contributed by atoms with Crippen LogP contribution in [0.2, 0.25) is 0 Å². The summed E-state index contributed by atoms with van der Waals surface area (Å²) in [6.07, 6.45) is 0. The highest BCUT2D eigenvalue weighted by Crippen LogP contribution is 2.36. The van der Waals surface area contributed by atoms with Crippen LogP contribution in [0.3, 0.4) is 0 Å². The molecule has 0 amide bonds. The van der Waals surface area contributed by atoms with E-state index in [-0.39, 0.29) is 0 Å². The van der Waals surface area contributed by atoms with Crippen molar-refractivity contribution >= 4 is 54.1 Å². The first-order valence-corrected chi connectivity index (χ1v) is 12.5. The molecule has 0 saturated carbocycles. The number of aryl methyl sites for hydroxylation is 2. The average molecular weight is 456 g/mol. The Morgan fingerprint density at radius 3 is 2.09 bits per heavy atom. The van der Waals surface area contributed by atoms with Gasteiger partial charge in [-0.3, -0.25) is 0 Å². The van der Waals surface area contributed by atoms with Crippen LogP contribution in [0.25, 0.3) is 59.7 Å². The lowest BCUT2D eigenvalue weighted by Gasteiger charge is -2.14. The molecule has 7 rings (SSSR count). The standard InChI is InChI=1S/C31H23N2S/c1-20-17-31-21(15-16-34-31)18-25(20)29-19-30(24-11-5-6-12-26(24)32(29)2)33-27-13-7-3-9-22(27)23-10-4-8-14-28(23)33/h3-19H,1-2H3/q+1. The van der Waals surface area contributed by atoms with E-state index >= 15 is 0 Å². The zero-order valence-electron chi connectivity index (χ0n) is 19.1. The van der Waals surface area contributed by atoms with Crippen molar-refractivity contribution in [3.05, 3.63) is 108 Å². The Hall–Kier alpha value is -3.95. The Kier molecular flexibility index (Phi) is 4.18. The van der Waals surface area contributed by atoms with Gasteiger partial charge in [0.2, 0.25) is 11.2 Å². The summed E-state index contributed by atoms with van der Waals surface area (Å²) < 4.78 is 6.12. The van der Waals surface area contributed by atoms with Gasteiger partial charge in [-0.25, -0.2) is 0 Å². The van der Waals surface area contributed by atoms with Gasteiger partial charge in [-0.15, -0.1) is 11.3 Å². The summed E-state index contributed by atoms with van der Waals surface area (Å²) in [6, 6.07) is 35.5. The third kappa shape index (κ3) is 2.71. The van der Waals surface area contributed by atoms with E-state index in [2.05, 4.69) is 126 Å². The summed E-state index contributed by atoms with van der Waals surface area (Å²) in [6.45, 7) is 2.23. The van der Waals surface area contributed by atoms with Crippen molar-refractivity contribution < 1.29 is 4.57 Å². The molecule has 162 valence electrons. The summed E-state index contributed by atoms with van der Waals surface area (Å²) in [5.41, 5.74) is 8.71. The third-order valence-corrected chi connectivity index (χ3v) is 7.95. The second kappa shape index (κ2) is 7.28. The van der Waals surface area contributed by atoms with E-state index in [0.717, 1.165) is 0 Å². The van der Waals surface area contributed by atoms with E-state index in [1.165, 1.54) is 65.3 Å². The number of rotatable bonds is 2. The van der Waals surface area contributed by atoms with Gasteiger partial charge in [0.25, 0.3) is 0 Å². The van der Waals surface area contributed by atoms with Gasteiger partial charge < -0.3 is 4.57 Å². The van der Waals surface area contributed by atoms with E-state index < -0.39 is 0 Å². The van der Waals surface area contributed by atoms with E-state index in [1.54, 1.807) is 11.3 Å². The minimum Gasteiger partial charge on any atom is -0.308 e. The topological polar surface area (TPSA) is 8.81 Å². The van der Waals surface area contributed by atoms with Crippen molar-refractivity contribution in [3.8, 4) is 16.9 Å². The monoisotopic (exact) mass is 455 g/mol. The van der Waals surface area contributed by atoms with Crippen LogP contribution in [-0.2, 0) is 7.05 Å². The van der Waals surface area contributed by atoms with E-state index in [9.17, 15) is 0 Å². The lowest BCUT2D eigenvalue weighted by molar-refractivity contribution is -0.633. The number of hydrogen-bond acceptors (Lipinski definition) is 1. The molecule has 3 heteroatoms. The number of pyridine rings is 1. The summed E-state index contributed by atoms with van der Waals surface area (Å²) >= 11 is 1.81. The maximum atomic E-state index is 2.44. The van der Waals surface area contributed by atoms with E-state index in [1.807, 2.05) is 0 Å². The first kappa shape index (κ1) is 19.5. The molecule has 2 nitrogen and oxygen atoms in total. The maximum absolute atomic E-state index is 2.44. The molecule has 0 bridgehead atoms. The van der Waals surface area contributed by atoms with Crippen LogP contribution < -0.4 is 4.57 Å². The van der Waals surface area contributed by atoms with Crippen LogP contribution >= 0.6 is 11.3 Å². The zero-order valence-corrected chi connectivity index (χ0v) is 19.9. The average Bonchev–Trinajstić information content (AvgIpc) is 3.46. The predicted octanol–water partition coefficient (Wildman–Crippen LogP) is 7.95. The Balaban J connectivity index is 1.65. The van der Waals surface area contributed by atoms with E-state index in [4.69, 9.17) is 0 Å². The Labute approximate surface area is 201 Å². The van der Waals surface area contributed by atoms with Crippen LogP contribution in [0.4, 0.5) is 0 Å². The van der Waals surface area contributed by atoms with Crippen LogP contribution in [0.1, 0.15) is 5.56 Å². The molecular weight excluding hydrogens is 432 g/mol. The highest BCUT2D eigenvalue weighted by atomic mass is 32.1. The first-order chi connectivity index (χ1) is 16.7. The minimum absolute atomic E-state index is 1.21. The van der Waals surface area contributed by atoms with Gasteiger partial charge in [-0.1, -0.05) is 48.5 Å². The fraction of sp³-hybridized carbons (Fsp3) is 0.0645. The molecule has 0 atom stereocenters. The number of aromatic nitrogens is 2. The molecule has 34 heavy (non-hydrogen) atoms. The second-order valence-electron chi connectivity index (χ2n) is 8.99. The lowest BCUT2D eigenvalue weighted by atomic mass is 10.0. The largest absolute Gasteiger partial charge is 0.308 e. The van der Waals surface area contributed by atoms with Gasteiger partial charge in [0, 0.05) is 33.2 Å². The zero-order chi connectivity index (χ0) is 22.8. The molecule has 0 aliphatic rings. The molecule has 7 aromatic rings. The molecule has 0 aliphatic carbocycles. The molecular formula is C31H23N2S+. The van der Waals surface area contributed by atoms with Crippen LogP contribution in [0.5, 0.6) is 0 Å². The third-order valence-electron chi connectivity index (χ3n) is 7.07. The van der Waals surface area contributed by atoms with E-state index in [0.29, 0.717) is 0 Å². The summed E-state index contributed by atoms with van der Waals surface area (Å²) in [7, 11) is 2.19. The maximum Gasteiger partial charge on any atom is 0.215 e. The molecule has 4 aromatic carbocycles. The molecule has 3 heterocycles. The van der Waals surface area contributed by atoms with Crippen LogP contribution in [0, 0.1) is 6.92 Å². The molecule has 0 radical (unpaired) electrons. The SMILES string of the molecule is Cc1cc2sccc2cc1-c1cc(-n2c3ccccc3c3ccccc32)c2ccccc2[n+]1C. The number of thiophene rings is 1. The molecule has 0 unspecified atom stereocenters. The smallest absolute Gasteiger partial charge is 0.215 e. The van der Waals surface area contributed by atoms with Gasteiger partial charge in [-0.2, -0.15) is 4.57 Å². The van der Waals surface area contributed by atoms with Crippen LogP contribution in [0.15, 0.2) is 102 Å². The number of hydrogen-bond donors (Lipinski definition) is 0. The number of para-hydroxylation sites is 3. The highest BCUT2D eigenvalue weighted by Gasteiger charge is 2.22. The quantitative estimate of drug-likeness (QED) is 0.234. The first-order valence-electron chi connectivity index (χ1n) is 11.6. The minimum atomic E-state index is 1.21. The molecule has 0 saturated heterocycles. The molecule has 0 aliphatic heterocycles. The normalized spacial score (nSPS) is 11.8. The fourth-order valence-corrected chi connectivity index (χ4v) is 6.30. The molecule has 0 N–H and O–H groups in total. The molecule has 0 fully saturated rings. The van der Waals surface area contributed by atoms with Gasteiger partial charge in [0.05, 0.1) is 22.1 Å². The number of fused-ring (bicyclic) bond motifs is 5. The summed E-state index contributed by atoms with van der Waals surface area (Å²) in [5, 5.41) is 7.30. The van der Waals surface area contributed by atoms with Gasteiger partial charge in [0.15, 0.2) is 0 Å². The highest BCUT2D eigenvalue weighted by molar-refractivity contribution is 7.17. The Morgan fingerprint density at radius 2 is 1.35 bits per heavy atom. The van der Waals surface area contributed by atoms with Gasteiger partial charge in [0.1, 0.15) is 7.05 Å². The van der Waals surface area contributed by atoms with Crippen molar-refractivity contribution in [2.45, 2.75) is 6.92 Å². The van der Waals surface area contributed by atoms with Crippen LogP contribution in [-0.4, -0.2) is 4.57 Å². The summed E-state index contributed by atoms with van der Waals surface area (Å²) in [5.74, 6) is 0. The number of nitrogens with zero attached hydrogens (tertiary/aromatic N) is 2. The van der Waals surface area contributed by atoms with Crippen molar-refractivity contribution in [3.63, 3.8) is 0 Å². The van der Waals surface area contributed by atoms with Crippen molar-refractivity contribution in [2.24, 2.45) is 7.05 Å². The second-order valence-corrected chi connectivity index (χ2v) is 9.93. The van der Waals surface area contributed by atoms with Gasteiger partial charge in [-0.05, 0) is 59.7 Å². The molecule has 0 spiro atoms. The molecule has 3 aromatic heterocycles. The fourth-order valence-electron chi connectivity index (χ4n) is 5.43. The van der Waals surface area contributed by atoms with Crippen molar-refractivity contribution in [1.29, 1.82) is 0 Å². The van der Waals surface area contributed by atoms with Gasteiger partial charge >= 0.3 is 0 Å². The Bertz CT molecular complexity index is 1830. The van der Waals surface area contributed by atoms with Crippen molar-refractivity contribution in [2.75, 3.05) is 0 Å². The lowest BCUT2D eigenvalue weighted by Crippen LogP contribution is -2.32. The summed E-state index contributed by atoms with van der Waals surface area (Å²) in [4.78, 5) is 0. The van der Waals surface area contributed by atoms with Crippen molar-refractivity contribution in [1.82, 2.24) is 4.57 Å². The predicted molar refractivity (Wildman–Crippen MR) is 145 cm³/mol. The Morgan fingerprint density at radius 1 is 0.706 bits per heavy atom. The number of benzene rings is 4.